The summed E-state index contributed by atoms with van der Waals surface area (Å²) in [5.74, 6) is -1.38. The number of H-pyrrole nitrogens is 2. The van der Waals surface area contributed by atoms with E-state index in [9.17, 15) is 29.0 Å². The van der Waals surface area contributed by atoms with Crippen LogP contribution in [0, 0.1) is 5.82 Å². The number of nitrogens with one attached hydrogen (secondary N) is 4. The second-order valence-electron chi connectivity index (χ2n) is 8.74. The molecule has 0 unspecified atom stereocenters. The highest BCUT2D eigenvalue weighted by atomic mass is 19.1. The van der Waals surface area contributed by atoms with E-state index >= 15 is 0 Å². The van der Waals surface area contributed by atoms with E-state index in [4.69, 9.17) is 5.73 Å². The summed E-state index contributed by atoms with van der Waals surface area (Å²) < 4.78 is 14.4. The number of hydrogen-bond acceptors (Lipinski definition) is 8. The molecule has 38 heavy (non-hydrogen) atoms. The number of aliphatic hydroxyl groups excluding tert-OH is 2. The third kappa shape index (κ3) is 5.80. The number of benzene rings is 2. The summed E-state index contributed by atoms with van der Waals surface area (Å²) in [6.07, 6.45) is -2.11. The summed E-state index contributed by atoms with van der Waals surface area (Å²) in [7, 11) is 1.27. The Balaban J connectivity index is 1.43. The van der Waals surface area contributed by atoms with Crippen molar-refractivity contribution in [2.75, 3.05) is 19.4 Å². The van der Waals surface area contributed by atoms with Crippen LogP contribution >= 0.6 is 0 Å². The first-order chi connectivity index (χ1) is 18.2. The van der Waals surface area contributed by atoms with Crippen LogP contribution in [0.25, 0.3) is 33.3 Å². The van der Waals surface area contributed by atoms with E-state index in [1.807, 2.05) is 0 Å². The van der Waals surface area contributed by atoms with E-state index in [0.717, 1.165) is 0 Å². The van der Waals surface area contributed by atoms with Crippen LogP contribution in [-0.4, -0.2) is 62.8 Å². The molecule has 0 saturated carbocycles. The summed E-state index contributed by atoms with van der Waals surface area (Å²) in [5.41, 5.74) is 9.11. The molecule has 0 fully saturated rings. The number of nitrogens with two attached hydrogens (primary N) is 1. The van der Waals surface area contributed by atoms with Crippen molar-refractivity contribution in [1.29, 1.82) is 0 Å². The van der Waals surface area contributed by atoms with Gasteiger partial charge in [-0.15, -0.1) is 0 Å². The molecular formula is C25H27FN6O6. The highest BCUT2D eigenvalue weighted by molar-refractivity contribution is 6.00. The molecule has 0 saturated heterocycles. The molecule has 13 heteroatoms. The molecule has 0 spiro atoms. The van der Waals surface area contributed by atoms with Crippen molar-refractivity contribution >= 4 is 39.4 Å². The Hall–Kier alpha value is -4.33. The maximum absolute atomic E-state index is 14.4. The van der Waals surface area contributed by atoms with Gasteiger partial charge in [0.05, 0.1) is 53.4 Å². The second kappa shape index (κ2) is 11.4. The minimum atomic E-state index is -1.06. The quantitative estimate of drug-likeness (QED) is 0.149. The van der Waals surface area contributed by atoms with Crippen LogP contribution in [0.15, 0.2) is 41.2 Å². The number of nitrogen functional groups attached to an aromatic ring is 1. The SMILES string of the molecule is CONC(=O)C[C@H](O)C[C@H](O)CCNC(=O)c1ccc2nc(-c3c(N)c4c(F)cccc4[nH]c3=O)[nH]c2c1. The van der Waals surface area contributed by atoms with E-state index in [1.165, 1.54) is 19.2 Å². The summed E-state index contributed by atoms with van der Waals surface area (Å²) in [6, 6.07) is 8.94. The van der Waals surface area contributed by atoms with Crippen molar-refractivity contribution in [1.82, 2.24) is 25.7 Å². The van der Waals surface area contributed by atoms with Crippen molar-refractivity contribution in [2.45, 2.75) is 31.5 Å². The van der Waals surface area contributed by atoms with Gasteiger partial charge in [-0.3, -0.25) is 19.2 Å². The van der Waals surface area contributed by atoms with Gasteiger partial charge in [0.1, 0.15) is 17.2 Å². The number of imidazole rings is 1. The molecule has 0 bridgehead atoms. The van der Waals surface area contributed by atoms with E-state index < -0.39 is 35.4 Å². The first-order valence-corrected chi connectivity index (χ1v) is 11.7. The summed E-state index contributed by atoms with van der Waals surface area (Å²) in [4.78, 5) is 51.1. The molecule has 12 nitrogen and oxygen atoms in total. The number of pyridine rings is 1. The number of carbonyl (C=O) groups excluding carboxylic acids is 2. The van der Waals surface area contributed by atoms with Crippen molar-refractivity contribution in [2.24, 2.45) is 0 Å². The van der Waals surface area contributed by atoms with Gasteiger partial charge < -0.3 is 31.2 Å². The Morgan fingerprint density at radius 1 is 1.16 bits per heavy atom. The number of hydrogen-bond donors (Lipinski definition) is 7. The first-order valence-electron chi connectivity index (χ1n) is 11.7. The number of rotatable bonds is 10. The standard InChI is InChI=1S/C25H27FN6O6/c1-38-32-19(35)11-14(34)10-13(33)7-8-28-24(36)12-5-6-16-18(9-12)30-23(29-16)21-22(27)20-15(26)3-2-4-17(20)31-25(21)37/h2-6,9,13-14,33-34H,7-8,10-11H2,1H3,(H,28,36)(H,29,30)(H,32,35)(H3,27,31,37)/t13-,14-/m1/s1. The highest BCUT2D eigenvalue weighted by Gasteiger charge is 2.19. The lowest BCUT2D eigenvalue weighted by molar-refractivity contribution is -0.133. The number of nitrogens with zero attached hydrogens (tertiary/aromatic N) is 1. The number of anilines is 1. The predicted octanol–water partition coefficient (Wildman–Crippen LogP) is 1.09. The molecule has 2 aromatic heterocycles. The summed E-state index contributed by atoms with van der Waals surface area (Å²) in [5, 5.41) is 22.7. The molecule has 2 aromatic carbocycles. The zero-order chi connectivity index (χ0) is 27.4. The van der Waals surface area contributed by atoms with Crippen LogP contribution in [-0.2, 0) is 9.63 Å². The fraction of sp³-hybridized carbons (Fsp3) is 0.280. The topological polar surface area (TPSA) is 195 Å². The van der Waals surface area contributed by atoms with Gasteiger partial charge in [-0.2, -0.15) is 0 Å². The van der Waals surface area contributed by atoms with Crippen LogP contribution < -0.4 is 22.1 Å². The molecule has 0 radical (unpaired) electrons. The van der Waals surface area contributed by atoms with Crippen LogP contribution in [0.5, 0.6) is 0 Å². The third-order valence-electron chi connectivity index (χ3n) is 5.95. The average molecular weight is 527 g/mol. The van der Waals surface area contributed by atoms with Crippen molar-refractivity contribution < 1.29 is 29.0 Å². The highest BCUT2D eigenvalue weighted by Crippen LogP contribution is 2.30. The number of carbonyl (C=O) groups is 2. The van der Waals surface area contributed by atoms with E-state index in [0.29, 0.717) is 16.6 Å². The average Bonchev–Trinajstić information content (AvgIpc) is 3.26. The van der Waals surface area contributed by atoms with Crippen LogP contribution in [0.1, 0.15) is 29.6 Å². The van der Waals surface area contributed by atoms with E-state index in [1.54, 1.807) is 24.3 Å². The maximum atomic E-state index is 14.4. The minimum Gasteiger partial charge on any atom is -0.397 e. The molecule has 4 aromatic rings. The number of hydroxylamine groups is 1. The van der Waals surface area contributed by atoms with Gasteiger partial charge >= 0.3 is 0 Å². The summed E-state index contributed by atoms with van der Waals surface area (Å²) >= 11 is 0. The maximum Gasteiger partial charge on any atom is 0.261 e. The first kappa shape index (κ1) is 26.7. The van der Waals surface area contributed by atoms with Crippen LogP contribution in [0.4, 0.5) is 10.1 Å². The van der Waals surface area contributed by atoms with Gasteiger partial charge in [0.2, 0.25) is 5.91 Å². The zero-order valence-corrected chi connectivity index (χ0v) is 20.4. The molecular weight excluding hydrogens is 499 g/mol. The van der Waals surface area contributed by atoms with Crippen LogP contribution in [0.2, 0.25) is 0 Å². The lowest BCUT2D eigenvalue weighted by Crippen LogP contribution is -2.31. The molecule has 4 rings (SSSR count). The van der Waals surface area contributed by atoms with Crippen molar-refractivity contribution in [3.8, 4) is 11.4 Å². The van der Waals surface area contributed by atoms with E-state index in [2.05, 4.69) is 30.6 Å². The molecule has 0 aliphatic carbocycles. The number of halogens is 1. The Morgan fingerprint density at radius 3 is 2.71 bits per heavy atom. The Kier molecular flexibility index (Phi) is 8.00. The number of aromatic amines is 2. The van der Waals surface area contributed by atoms with E-state index in [-0.39, 0.29) is 53.8 Å². The van der Waals surface area contributed by atoms with Gasteiger partial charge in [-0.1, -0.05) is 6.07 Å². The number of aromatic nitrogens is 3. The van der Waals surface area contributed by atoms with Gasteiger partial charge in [0, 0.05) is 12.1 Å². The Bertz CT molecular complexity index is 1550. The molecule has 2 atom stereocenters. The smallest absolute Gasteiger partial charge is 0.261 e. The third-order valence-corrected chi connectivity index (χ3v) is 5.95. The minimum absolute atomic E-state index is 0.0133. The number of amides is 2. The number of fused-ring (bicyclic) bond motifs is 2. The monoisotopic (exact) mass is 526 g/mol. The van der Waals surface area contributed by atoms with Crippen molar-refractivity contribution in [3.63, 3.8) is 0 Å². The van der Waals surface area contributed by atoms with Gasteiger partial charge in [-0.05, 0) is 43.2 Å². The van der Waals surface area contributed by atoms with Crippen molar-refractivity contribution in [3.05, 3.63) is 58.1 Å². The fourth-order valence-corrected chi connectivity index (χ4v) is 4.18. The molecule has 2 heterocycles. The normalized spacial score (nSPS) is 12.9. The van der Waals surface area contributed by atoms with Crippen LogP contribution in [0.3, 0.4) is 0 Å². The van der Waals surface area contributed by atoms with Gasteiger partial charge in [0.15, 0.2) is 0 Å². The number of aliphatic hydroxyl groups is 2. The molecule has 8 N–H and O–H groups in total. The largest absolute Gasteiger partial charge is 0.397 e. The molecule has 2 amide bonds. The molecule has 200 valence electrons. The zero-order valence-electron chi connectivity index (χ0n) is 20.4. The predicted molar refractivity (Wildman–Crippen MR) is 137 cm³/mol. The molecule has 0 aliphatic heterocycles. The Labute approximate surface area is 215 Å². The lowest BCUT2D eigenvalue weighted by Gasteiger charge is -2.15. The van der Waals surface area contributed by atoms with Gasteiger partial charge in [0.25, 0.3) is 11.5 Å². The second-order valence-corrected chi connectivity index (χ2v) is 8.74. The Morgan fingerprint density at radius 2 is 1.95 bits per heavy atom. The molecule has 0 aliphatic rings. The summed E-state index contributed by atoms with van der Waals surface area (Å²) in [6.45, 7) is 0.123. The lowest BCUT2D eigenvalue weighted by atomic mass is 10.1. The van der Waals surface area contributed by atoms with Gasteiger partial charge in [-0.25, -0.2) is 14.9 Å². The fourth-order valence-electron chi connectivity index (χ4n) is 4.18.